The minimum atomic E-state index is -1.27. The molecule has 7 nitrogen and oxygen atoms in total. The molecule has 0 spiro atoms. The molecule has 0 saturated carbocycles. The molecule has 1 aromatic rings. The van der Waals surface area contributed by atoms with Crippen LogP contribution in [0.25, 0.3) is 0 Å². The van der Waals surface area contributed by atoms with Crippen LogP contribution in [0, 0.1) is 10.1 Å². The van der Waals surface area contributed by atoms with E-state index >= 15 is 0 Å². The summed E-state index contributed by atoms with van der Waals surface area (Å²) in [5, 5.41) is 21.9. The highest BCUT2D eigenvalue weighted by molar-refractivity contribution is 6.33. The van der Waals surface area contributed by atoms with Crippen LogP contribution < -0.4 is 5.32 Å². The van der Waals surface area contributed by atoms with Crippen molar-refractivity contribution in [3.63, 3.8) is 0 Å². The van der Waals surface area contributed by atoms with Crippen LogP contribution in [-0.2, 0) is 4.79 Å². The number of nitrogens with one attached hydrogen (secondary N) is 1. The van der Waals surface area contributed by atoms with Crippen molar-refractivity contribution < 1.29 is 14.8 Å². The van der Waals surface area contributed by atoms with E-state index in [-0.39, 0.29) is 16.5 Å². The van der Waals surface area contributed by atoms with E-state index in [4.69, 9.17) is 16.7 Å². The lowest BCUT2D eigenvalue weighted by Crippen LogP contribution is -2.40. The zero-order valence-corrected chi connectivity index (χ0v) is 9.85. The lowest BCUT2D eigenvalue weighted by molar-refractivity contribution is -0.385. The number of carbonyl (C=O) groups is 1. The largest absolute Gasteiger partial charge is 0.480 e. The van der Waals surface area contributed by atoms with Crippen molar-refractivity contribution in [2.75, 3.05) is 5.32 Å². The van der Waals surface area contributed by atoms with Crippen LogP contribution in [0.4, 0.5) is 11.5 Å². The Morgan fingerprint density at radius 1 is 1.65 bits per heavy atom. The fourth-order valence-electron chi connectivity index (χ4n) is 0.969. The Morgan fingerprint density at radius 2 is 2.24 bits per heavy atom. The van der Waals surface area contributed by atoms with Crippen molar-refractivity contribution >= 4 is 29.1 Å². The summed E-state index contributed by atoms with van der Waals surface area (Å²) in [7, 11) is 0. The van der Waals surface area contributed by atoms with Crippen LogP contribution in [0.2, 0.25) is 5.02 Å². The summed E-state index contributed by atoms with van der Waals surface area (Å²) in [6.07, 6.45) is 1.01. The molecule has 8 heteroatoms. The van der Waals surface area contributed by atoms with E-state index in [0.717, 1.165) is 12.3 Å². The molecular weight excluding hydrogens is 250 g/mol. The number of pyridine rings is 1. The third-order valence-electron chi connectivity index (χ3n) is 2.00. The van der Waals surface area contributed by atoms with E-state index in [1.54, 1.807) is 0 Å². The molecule has 1 heterocycles. The van der Waals surface area contributed by atoms with E-state index < -0.39 is 16.4 Å². The van der Waals surface area contributed by atoms with Gasteiger partial charge in [0.15, 0.2) is 0 Å². The molecule has 0 radical (unpaired) electrons. The molecule has 2 N–H and O–H groups in total. The Morgan fingerprint density at radius 3 is 2.65 bits per heavy atom. The third-order valence-corrected chi connectivity index (χ3v) is 2.29. The second kappa shape index (κ2) is 4.54. The fraction of sp³-hybridized carbons (Fsp3) is 0.333. The van der Waals surface area contributed by atoms with Gasteiger partial charge in [0, 0.05) is 6.07 Å². The Labute approximate surface area is 102 Å². The Bertz CT molecular complexity index is 475. The number of carboxylic acids is 1. The number of hydrogen-bond donors (Lipinski definition) is 2. The van der Waals surface area contributed by atoms with Crippen LogP contribution in [0.15, 0.2) is 12.3 Å². The lowest BCUT2D eigenvalue weighted by Gasteiger charge is -2.21. The monoisotopic (exact) mass is 259 g/mol. The van der Waals surface area contributed by atoms with Gasteiger partial charge in [0.25, 0.3) is 5.69 Å². The predicted molar refractivity (Wildman–Crippen MR) is 61.2 cm³/mol. The molecule has 92 valence electrons. The van der Waals surface area contributed by atoms with Crippen LogP contribution in [0.5, 0.6) is 0 Å². The average molecular weight is 260 g/mol. The summed E-state index contributed by atoms with van der Waals surface area (Å²) < 4.78 is 0. The first-order valence-electron chi connectivity index (χ1n) is 4.55. The number of rotatable bonds is 4. The summed E-state index contributed by atoms with van der Waals surface area (Å²) in [6, 6.07) is 1.11. The molecule has 0 atom stereocenters. The minimum absolute atomic E-state index is 0.00600. The molecule has 0 aliphatic rings. The number of hydrogen-bond acceptors (Lipinski definition) is 5. The van der Waals surface area contributed by atoms with Gasteiger partial charge in [-0.05, 0) is 13.8 Å². The number of aromatic nitrogens is 1. The summed E-state index contributed by atoms with van der Waals surface area (Å²) in [5.74, 6) is -1.00. The predicted octanol–water partition coefficient (Wildman–Crippen LogP) is 1.92. The van der Waals surface area contributed by atoms with Crippen LogP contribution in [0.1, 0.15) is 13.8 Å². The van der Waals surface area contributed by atoms with Gasteiger partial charge in [0.1, 0.15) is 17.6 Å². The smallest absolute Gasteiger partial charge is 0.328 e. The Kier molecular flexibility index (Phi) is 3.52. The molecule has 0 fully saturated rings. The SMILES string of the molecule is CC(C)(Nc1ncc([N+](=O)[O-])cc1Cl)C(=O)O. The second-order valence-corrected chi connectivity index (χ2v) is 4.24. The molecule has 17 heavy (non-hydrogen) atoms. The van der Waals surface area contributed by atoms with Crippen molar-refractivity contribution in [1.29, 1.82) is 0 Å². The summed E-state index contributed by atoms with van der Waals surface area (Å²) in [5.41, 5.74) is -1.53. The summed E-state index contributed by atoms with van der Waals surface area (Å²) in [4.78, 5) is 24.4. The standard InChI is InChI=1S/C9H10ClN3O4/c1-9(2,8(14)15)12-7-6(10)3-5(4-11-7)13(16)17/h3-4H,1-2H3,(H,11,12)(H,14,15). The highest BCUT2D eigenvalue weighted by Crippen LogP contribution is 2.26. The van der Waals surface area contributed by atoms with E-state index in [1.807, 2.05) is 0 Å². The number of aliphatic carboxylic acids is 1. The molecule has 0 amide bonds. The molecule has 0 aliphatic heterocycles. The van der Waals surface area contributed by atoms with Crippen LogP contribution in [-0.4, -0.2) is 26.5 Å². The van der Waals surface area contributed by atoms with E-state index in [9.17, 15) is 14.9 Å². The zero-order valence-electron chi connectivity index (χ0n) is 9.10. The lowest BCUT2D eigenvalue weighted by atomic mass is 10.1. The van der Waals surface area contributed by atoms with Gasteiger partial charge in [-0.15, -0.1) is 0 Å². The maximum absolute atomic E-state index is 10.9. The van der Waals surface area contributed by atoms with Gasteiger partial charge < -0.3 is 10.4 Å². The molecule has 1 rings (SSSR count). The van der Waals surface area contributed by atoms with Crippen molar-refractivity contribution in [1.82, 2.24) is 4.98 Å². The minimum Gasteiger partial charge on any atom is -0.480 e. The van der Waals surface area contributed by atoms with Gasteiger partial charge in [-0.2, -0.15) is 0 Å². The highest BCUT2D eigenvalue weighted by Gasteiger charge is 2.28. The normalized spacial score (nSPS) is 11.0. The number of nitrogens with zero attached hydrogens (tertiary/aromatic N) is 2. The van der Waals surface area contributed by atoms with Gasteiger partial charge in [0.2, 0.25) is 0 Å². The van der Waals surface area contributed by atoms with Crippen molar-refractivity contribution in [3.8, 4) is 0 Å². The van der Waals surface area contributed by atoms with Crippen LogP contribution in [0.3, 0.4) is 0 Å². The van der Waals surface area contributed by atoms with Crippen molar-refractivity contribution in [2.24, 2.45) is 0 Å². The number of carboxylic acid groups (broad SMARTS) is 1. The maximum atomic E-state index is 10.9. The molecule has 1 aromatic heterocycles. The summed E-state index contributed by atoms with van der Waals surface area (Å²) >= 11 is 5.76. The molecule has 0 unspecified atom stereocenters. The Hall–Kier alpha value is -1.89. The Balaban J connectivity index is 3.02. The van der Waals surface area contributed by atoms with Crippen molar-refractivity contribution in [3.05, 3.63) is 27.4 Å². The molecular formula is C9H10ClN3O4. The first-order chi connectivity index (χ1) is 7.74. The van der Waals surface area contributed by atoms with Gasteiger partial charge >= 0.3 is 5.97 Å². The van der Waals surface area contributed by atoms with E-state index in [2.05, 4.69) is 10.3 Å². The summed E-state index contributed by atoms with van der Waals surface area (Å²) in [6.45, 7) is 2.85. The van der Waals surface area contributed by atoms with E-state index in [0.29, 0.717) is 0 Å². The average Bonchev–Trinajstić information content (AvgIpc) is 2.20. The quantitative estimate of drug-likeness (QED) is 0.632. The van der Waals surface area contributed by atoms with Gasteiger partial charge in [-0.3, -0.25) is 10.1 Å². The maximum Gasteiger partial charge on any atom is 0.328 e. The molecule has 0 aliphatic carbocycles. The second-order valence-electron chi connectivity index (χ2n) is 3.84. The van der Waals surface area contributed by atoms with Crippen molar-refractivity contribution in [2.45, 2.75) is 19.4 Å². The molecule has 0 bridgehead atoms. The van der Waals surface area contributed by atoms with Gasteiger partial charge in [-0.1, -0.05) is 11.6 Å². The number of nitro groups is 1. The molecule has 0 aromatic carbocycles. The fourth-order valence-corrected chi connectivity index (χ4v) is 1.18. The topological polar surface area (TPSA) is 105 Å². The first kappa shape index (κ1) is 13.2. The zero-order chi connectivity index (χ0) is 13.2. The van der Waals surface area contributed by atoms with Crippen LogP contribution >= 0.6 is 11.6 Å². The van der Waals surface area contributed by atoms with Gasteiger partial charge in [-0.25, -0.2) is 9.78 Å². The van der Waals surface area contributed by atoms with Gasteiger partial charge in [0.05, 0.1) is 9.95 Å². The number of halogens is 1. The molecule has 0 saturated heterocycles. The number of anilines is 1. The highest BCUT2D eigenvalue weighted by atomic mass is 35.5. The third kappa shape index (κ3) is 3.04. The first-order valence-corrected chi connectivity index (χ1v) is 4.93. The van der Waals surface area contributed by atoms with E-state index in [1.165, 1.54) is 13.8 Å².